The molecule has 0 saturated heterocycles. The predicted octanol–water partition coefficient (Wildman–Crippen LogP) is 4.86. The molecule has 0 heterocycles. The minimum atomic E-state index is -0.592. The number of unbranched alkanes of at least 4 members (excludes halogenated alkanes) is 7. The molecule has 0 aliphatic rings. The Labute approximate surface area is 134 Å². The molecule has 0 aromatic heterocycles. The van der Waals surface area contributed by atoms with Crippen LogP contribution in [-0.2, 0) is 9.53 Å². The number of ether oxygens (including phenoxy) is 1. The van der Waals surface area contributed by atoms with Crippen LogP contribution in [0.5, 0.6) is 0 Å². The third-order valence-corrected chi connectivity index (χ3v) is 3.22. The third kappa shape index (κ3) is 16.4. The lowest BCUT2D eigenvalue weighted by atomic mass is 10.1. The molecular formula is C18H30N2O2. The van der Waals surface area contributed by atoms with Gasteiger partial charge in [-0.25, -0.2) is 4.79 Å². The predicted molar refractivity (Wildman–Crippen MR) is 90.8 cm³/mol. The molecule has 0 aromatic carbocycles. The summed E-state index contributed by atoms with van der Waals surface area (Å²) in [6, 6.07) is 0. The van der Waals surface area contributed by atoms with Crippen LogP contribution >= 0.6 is 0 Å². The summed E-state index contributed by atoms with van der Waals surface area (Å²) in [5.41, 5.74) is 8.12. The highest BCUT2D eigenvalue weighted by Gasteiger charge is 2.01. The van der Waals surface area contributed by atoms with Gasteiger partial charge < -0.3 is 10.3 Å². The summed E-state index contributed by atoms with van der Waals surface area (Å²) in [4.78, 5) is 13.4. The van der Waals surface area contributed by atoms with Crippen LogP contribution < -0.4 is 0 Å². The van der Waals surface area contributed by atoms with Crippen LogP contribution in [0.2, 0.25) is 0 Å². The second-order valence-electron chi connectivity index (χ2n) is 5.28. The molecule has 4 nitrogen and oxygen atoms in total. The van der Waals surface area contributed by atoms with Crippen molar-refractivity contribution < 1.29 is 14.3 Å². The van der Waals surface area contributed by atoms with Gasteiger partial charge in [0, 0.05) is 0 Å². The SMILES string of the molecule is CCCC/C=C\CCC/C=C/CCCCCOC(=O)C=[N+]=[N-]. The molecule has 0 aromatic rings. The normalized spacial score (nSPS) is 11.0. The van der Waals surface area contributed by atoms with Crippen molar-refractivity contribution in [3.8, 4) is 0 Å². The van der Waals surface area contributed by atoms with Gasteiger partial charge in [-0.3, -0.25) is 0 Å². The number of rotatable bonds is 14. The van der Waals surface area contributed by atoms with Crippen LogP contribution in [0.3, 0.4) is 0 Å². The maximum atomic E-state index is 10.8. The summed E-state index contributed by atoms with van der Waals surface area (Å²) in [7, 11) is 0. The molecule has 0 atom stereocenters. The van der Waals surface area contributed by atoms with Gasteiger partial charge in [0.2, 0.25) is 0 Å². The maximum Gasteiger partial charge on any atom is 0.413 e. The van der Waals surface area contributed by atoms with E-state index >= 15 is 0 Å². The van der Waals surface area contributed by atoms with Crippen molar-refractivity contribution in [2.45, 2.75) is 71.1 Å². The van der Waals surface area contributed by atoms with E-state index in [1.54, 1.807) is 0 Å². The van der Waals surface area contributed by atoms with E-state index in [1.807, 2.05) is 0 Å². The number of carbonyl (C=O) groups is 1. The Morgan fingerprint density at radius 3 is 2.09 bits per heavy atom. The van der Waals surface area contributed by atoms with Gasteiger partial charge in [0.25, 0.3) is 0 Å². The van der Waals surface area contributed by atoms with Crippen LogP contribution in [0.15, 0.2) is 24.3 Å². The largest absolute Gasteiger partial charge is 0.457 e. The third-order valence-electron chi connectivity index (χ3n) is 3.22. The fourth-order valence-electron chi connectivity index (χ4n) is 1.95. The van der Waals surface area contributed by atoms with Crippen molar-refractivity contribution in [3.05, 3.63) is 29.8 Å². The molecule has 0 N–H and O–H groups in total. The molecule has 0 spiro atoms. The first kappa shape index (κ1) is 20.3. The van der Waals surface area contributed by atoms with E-state index in [0.717, 1.165) is 38.3 Å². The van der Waals surface area contributed by atoms with Gasteiger partial charge in [-0.2, -0.15) is 4.79 Å². The summed E-state index contributed by atoms with van der Waals surface area (Å²) < 4.78 is 4.82. The zero-order valence-electron chi connectivity index (χ0n) is 13.9. The fourth-order valence-corrected chi connectivity index (χ4v) is 1.95. The molecule has 0 aliphatic heterocycles. The molecular weight excluding hydrogens is 276 g/mol. The lowest BCUT2D eigenvalue weighted by molar-refractivity contribution is -0.139. The van der Waals surface area contributed by atoms with Gasteiger partial charge in [0.1, 0.15) is 0 Å². The molecule has 0 saturated carbocycles. The monoisotopic (exact) mass is 306 g/mol. The first-order chi connectivity index (χ1) is 10.8. The second kappa shape index (κ2) is 17.4. The van der Waals surface area contributed by atoms with Crippen molar-refractivity contribution in [2.24, 2.45) is 0 Å². The Hall–Kier alpha value is -1.67. The van der Waals surface area contributed by atoms with E-state index in [0.29, 0.717) is 6.61 Å². The molecule has 0 radical (unpaired) electrons. The molecule has 0 unspecified atom stereocenters. The Balaban J connectivity index is 3.26. The highest BCUT2D eigenvalue weighted by molar-refractivity contribution is 6.20. The van der Waals surface area contributed by atoms with Gasteiger partial charge in [-0.05, 0) is 51.4 Å². The average Bonchev–Trinajstić information content (AvgIpc) is 2.51. The quantitative estimate of drug-likeness (QED) is 0.115. The Morgan fingerprint density at radius 2 is 1.50 bits per heavy atom. The van der Waals surface area contributed by atoms with E-state index < -0.39 is 5.97 Å². The first-order valence-electron chi connectivity index (χ1n) is 8.45. The van der Waals surface area contributed by atoms with Crippen molar-refractivity contribution in [2.75, 3.05) is 6.61 Å². The molecule has 0 fully saturated rings. The molecule has 0 aliphatic carbocycles. The van der Waals surface area contributed by atoms with Crippen LogP contribution in [-0.4, -0.2) is 23.6 Å². The van der Waals surface area contributed by atoms with Crippen molar-refractivity contribution in [1.29, 1.82) is 0 Å². The molecule has 22 heavy (non-hydrogen) atoms. The standard InChI is InChI=1S/C18H30N2O2/c1-2-3-4-5-6-7-8-9-10-11-12-13-14-15-16-22-18(21)17-20-19/h5-6,10-11,17H,2-4,7-9,12-16H2,1H3/b6-5-,11-10+. The van der Waals surface area contributed by atoms with E-state index in [2.05, 4.69) is 36.0 Å². The van der Waals surface area contributed by atoms with Crippen molar-refractivity contribution in [1.82, 2.24) is 0 Å². The summed E-state index contributed by atoms with van der Waals surface area (Å²) in [5.74, 6) is -0.592. The number of nitrogens with zero attached hydrogens (tertiary/aromatic N) is 2. The number of hydrogen-bond acceptors (Lipinski definition) is 2. The van der Waals surface area contributed by atoms with Gasteiger partial charge >= 0.3 is 12.2 Å². The van der Waals surface area contributed by atoms with Crippen LogP contribution in [0.1, 0.15) is 71.1 Å². The summed E-state index contributed by atoms with van der Waals surface area (Å²) in [6.07, 6.45) is 21.3. The Kier molecular flexibility index (Phi) is 16.1. The minimum absolute atomic E-state index is 0.388. The number of hydrogen-bond donors (Lipinski definition) is 0. The number of esters is 1. The van der Waals surface area contributed by atoms with E-state index in [4.69, 9.17) is 10.3 Å². The average molecular weight is 306 g/mol. The first-order valence-corrected chi connectivity index (χ1v) is 8.45. The van der Waals surface area contributed by atoms with E-state index in [9.17, 15) is 4.79 Å². The highest BCUT2D eigenvalue weighted by atomic mass is 16.5. The summed E-state index contributed by atoms with van der Waals surface area (Å²) >= 11 is 0. The topological polar surface area (TPSA) is 62.7 Å². The van der Waals surface area contributed by atoms with Gasteiger partial charge in [0.15, 0.2) is 0 Å². The van der Waals surface area contributed by atoms with Crippen LogP contribution in [0.25, 0.3) is 5.53 Å². The highest BCUT2D eigenvalue weighted by Crippen LogP contribution is 2.04. The Morgan fingerprint density at radius 1 is 0.909 bits per heavy atom. The molecule has 0 rings (SSSR count). The minimum Gasteiger partial charge on any atom is -0.457 e. The van der Waals surface area contributed by atoms with Gasteiger partial charge in [-0.15, -0.1) is 0 Å². The lowest BCUT2D eigenvalue weighted by Crippen LogP contribution is -2.07. The Bertz CT molecular complexity index is 369. The zero-order valence-corrected chi connectivity index (χ0v) is 13.9. The summed E-state index contributed by atoms with van der Waals surface area (Å²) in [6.45, 7) is 2.61. The molecule has 0 amide bonds. The number of allylic oxidation sites excluding steroid dienone is 4. The fraction of sp³-hybridized carbons (Fsp3) is 0.667. The van der Waals surface area contributed by atoms with Crippen molar-refractivity contribution in [3.63, 3.8) is 0 Å². The smallest absolute Gasteiger partial charge is 0.413 e. The maximum absolute atomic E-state index is 10.8. The van der Waals surface area contributed by atoms with Gasteiger partial charge in [0.05, 0.1) is 6.61 Å². The second-order valence-corrected chi connectivity index (χ2v) is 5.28. The molecule has 0 bridgehead atoms. The summed E-state index contributed by atoms with van der Waals surface area (Å²) in [5, 5.41) is 0. The molecule has 4 heteroatoms. The number of carbonyl (C=O) groups excluding carboxylic acids is 1. The van der Waals surface area contributed by atoms with E-state index in [-0.39, 0.29) is 0 Å². The van der Waals surface area contributed by atoms with Crippen molar-refractivity contribution >= 4 is 12.2 Å². The van der Waals surface area contributed by atoms with Gasteiger partial charge in [-0.1, -0.05) is 44.1 Å². The van der Waals surface area contributed by atoms with Crippen LogP contribution in [0, 0.1) is 0 Å². The lowest BCUT2D eigenvalue weighted by Gasteiger charge is -1.99. The van der Waals surface area contributed by atoms with Crippen LogP contribution in [0.4, 0.5) is 0 Å². The van der Waals surface area contributed by atoms with E-state index in [1.165, 1.54) is 32.1 Å². The zero-order chi connectivity index (χ0) is 16.3. The molecule has 124 valence electrons.